The highest BCUT2D eigenvalue weighted by molar-refractivity contribution is 5.88. The Morgan fingerprint density at radius 3 is 2.65 bits per heavy atom. The van der Waals surface area contributed by atoms with E-state index < -0.39 is 5.97 Å². The maximum absolute atomic E-state index is 11.9. The predicted octanol–water partition coefficient (Wildman–Crippen LogP) is 4.31. The van der Waals surface area contributed by atoms with Gasteiger partial charge in [-0.25, -0.2) is 9.78 Å². The van der Waals surface area contributed by atoms with E-state index in [2.05, 4.69) is 4.98 Å². The molecule has 0 aliphatic heterocycles. The molecule has 5 nitrogen and oxygen atoms in total. The maximum atomic E-state index is 11.9. The summed E-state index contributed by atoms with van der Waals surface area (Å²) in [5.74, 6) is 0.481. The van der Waals surface area contributed by atoms with Crippen LogP contribution in [0.15, 0.2) is 75.8 Å². The van der Waals surface area contributed by atoms with Crippen molar-refractivity contribution in [2.24, 2.45) is 0 Å². The summed E-state index contributed by atoms with van der Waals surface area (Å²) in [5.41, 5.74) is 2.13. The fourth-order valence-electron chi connectivity index (χ4n) is 2.22. The Bertz CT molecular complexity index is 955. The van der Waals surface area contributed by atoms with E-state index in [0.717, 1.165) is 5.56 Å². The van der Waals surface area contributed by atoms with Crippen LogP contribution in [-0.2, 0) is 0 Å². The van der Waals surface area contributed by atoms with Gasteiger partial charge in [0.25, 0.3) is 0 Å². The summed E-state index contributed by atoms with van der Waals surface area (Å²) < 4.78 is 16.0. The van der Waals surface area contributed by atoms with Crippen LogP contribution in [0.1, 0.15) is 10.6 Å². The summed E-state index contributed by atoms with van der Waals surface area (Å²) in [6, 6.07) is 17.8. The molecule has 4 aromatic rings. The van der Waals surface area contributed by atoms with Gasteiger partial charge in [-0.05, 0) is 36.4 Å². The molecule has 23 heavy (non-hydrogen) atoms. The van der Waals surface area contributed by atoms with Crippen molar-refractivity contribution in [2.75, 3.05) is 0 Å². The minimum atomic E-state index is -0.558. The number of hydrogen-bond donors (Lipinski definition) is 0. The molecule has 0 radical (unpaired) electrons. The van der Waals surface area contributed by atoms with Crippen molar-refractivity contribution in [1.29, 1.82) is 0 Å². The SMILES string of the molecule is O=C(Oc1ccc2nc(-c3ccccc3)oc2c1)c1ccco1. The van der Waals surface area contributed by atoms with Crippen molar-refractivity contribution in [3.8, 4) is 17.2 Å². The Morgan fingerprint density at radius 1 is 1.00 bits per heavy atom. The lowest BCUT2D eigenvalue weighted by Crippen LogP contribution is -2.06. The molecular formula is C18H11NO4. The molecule has 0 aliphatic rings. The molecule has 112 valence electrons. The molecular weight excluding hydrogens is 294 g/mol. The molecule has 0 aliphatic carbocycles. The summed E-state index contributed by atoms with van der Waals surface area (Å²) in [5, 5.41) is 0. The lowest BCUT2D eigenvalue weighted by molar-refractivity contribution is 0.0701. The summed E-state index contributed by atoms with van der Waals surface area (Å²) in [6.07, 6.45) is 1.42. The number of ether oxygens (including phenoxy) is 1. The zero-order chi connectivity index (χ0) is 15.6. The molecule has 0 fully saturated rings. The molecule has 2 aromatic heterocycles. The van der Waals surface area contributed by atoms with Gasteiger partial charge in [0.2, 0.25) is 11.7 Å². The molecule has 0 spiro atoms. The summed E-state index contributed by atoms with van der Waals surface area (Å²) >= 11 is 0. The highest BCUT2D eigenvalue weighted by Crippen LogP contribution is 2.27. The number of furan rings is 1. The van der Waals surface area contributed by atoms with Crippen LogP contribution in [0.3, 0.4) is 0 Å². The zero-order valence-electron chi connectivity index (χ0n) is 11.9. The summed E-state index contributed by atoms with van der Waals surface area (Å²) in [4.78, 5) is 16.3. The number of carbonyl (C=O) groups excluding carboxylic acids is 1. The second-order valence-electron chi connectivity index (χ2n) is 4.88. The van der Waals surface area contributed by atoms with Gasteiger partial charge in [-0.3, -0.25) is 0 Å². The number of rotatable bonds is 3. The van der Waals surface area contributed by atoms with E-state index >= 15 is 0 Å². The Morgan fingerprint density at radius 2 is 1.87 bits per heavy atom. The molecule has 4 rings (SSSR count). The topological polar surface area (TPSA) is 65.5 Å². The normalized spacial score (nSPS) is 10.8. The van der Waals surface area contributed by atoms with Gasteiger partial charge < -0.3 is 13.6 Å². The van der Waals surface area contributed by atoms with Crippen LogP contribution < -0.4 is 4.74 Å². The number of nitrogens with zero attached hydrogens (tertiary/aromatic N) is 1. The number of carbonyl (C=O) groups is 1. The minimum absolute atomic E-state index is 0.146. The van der Waals surface area contributed by atoms with E-state index in [1.165, 1.54) is 6.26 Å². The van der Waals surface area contributed by atoms with E-state index in [0.29, 0.717) is 22.7 Å². The highest BCUT2D eigenvalue weighted by Gasteiger charge is 2.13. The van der Waals surface area contributed by atoms with Gasteiger partial charge >= 0.3 is 5.97 Å². The van der Waals surface area contributed by atoms with Crippen molar-refractivity contribution in [3.05, 3.63) is 72.7 Å². The first-order valence-corrected chi connectivity index (χ1v) is 7.01. The molecule has 0 amide bonds. The lowest BCUT2D eigenvalue weighted by Gasteiger charge is -2.01. The quantitative estimate of drug-likeness (QED) is 0.417. The van der Waals surface area contributed by atoms with Crippen LogP contribution in [-0.4, -0.2) is 11.0 Å². The van der Waals surface area contributed by atoms with Crippen LogP contribution in [0.4, 0.5) is 0 Å². The van der Waals surface area contributed by atoms with Crippen molar-refractivity contribution >= 4 is 17.1 Å². The van der Waals surface area contributed by atoms with Gasteiger partial charge in [0.1, 0.15) is 11.3 Å². The molecule has 0 saturated carbocycles. The number of hydrogen-bond acceptors (Lipinski definition) is 5. The number of benzene rings is 2. The molecule has 0 atom stereocenters. The van der Waals surface area contributed by atoms with Gasteiger partial charge in [-0.1, -0.05) is 18.2 Å². The Hall–Kier alpha value is -3.34. The zero-order valence-corrected chi connectivity index (χ0v) is 11.9. The number of aromatic nitrogens is 1. The third kappa shape index (κ3) is 2.60. The van der Waals surface area contributed by atoms with Gasteiger partial charge in [-0.15, -0.1) is 0 Å². The predicted molar refractivity (Wildman–Crippen MR) is 83.1 cm³/mol. The number of esters is 1. The molecule has 0 saturated heterocycles. The molecule has 0 unspecified atom stereocenters. The minimum Gasteiger partial charge on any atom is -0.457 e. The fraction of sp³-hybridized carbons (Fsp3) is 0. The first-order valence-electron chi connectivity index (χ1n) is 7.01. The van der Waals surface area contributed by atoms with E-state index in [1.54, 1.807) is 30.3 Å². The number of fused-ring (bicyclic) bond motifs is 1. The third-order valence-corrected chi connectivity index (χ3v) is 3.31. The lowest BCUT2D eigenvalue weighted by atomic mass is 10.2. The molecule has 2 aromatic carbocycles. The van der Waals surface area contributed by atoms with E-state index in [4.69, 9.17) is 13.6 Å². The average molecular weight is 305 g/mol. The van der Waals surface area contributed by atoms with E-state index in [1.807, 2.05) is 30.3 Å². The van der Waals surface area contributed by atoms with Crippen molar-refractivity contribution in [1.82, 2.24) is 4.98 Å². The van der Waals surface area contributed by atoms with Gasteiger partial charge in [0, 0.05) is 11.6 Å². The van der Waals surface area contributed by atoms with Crippen LogP contribution in [0.5, 0.6) is 5.75 Å². The fourth-order valence-corrected chi connectivity index (χ4v) is 2.22. The van der Waals surface area contributed by atoms with E-state index in [9.17, 15) is 4.79 Å². The first-order chi connectivity index (χ1) is 11.3. The Balaban J connectivity index is 1.64. The van der Waals surface area contributed by atoms with Gasteiger partial charge in [0.15, 0.2) is 5.58 Å². The van der Waals surface area contributed by atoms with Crippen molar-refractivity contribution in [2.45, 2.75) is 0 Å². The first kappa shape index (κ1) is 13.3. The van der Waals surface area contributed by atoms with Crippen LogP contribution in [0, 0.1) is 0 Å². The highest BCUT2D eigenvalue weighted by atomic mass is 16.5. The average Bonchev–Trinajstić information content (AvgIpc) is 3.25. The standard InChI is InChI=1S/C18H11NO4/c20-18(15-7-4-10-21-15)22-13-8-9-14-16(11-13)23-17(19-14)12-5-2-1-3-6-12/h1-11H. The Kier molecular flexibility index (Phi) is 3.16. The molecule has 5 heteroatoms. The maximum Gasteiger partial charge on any atom is 0.379 e. The van der Waals surface area contributed by atoms with Crippen LogP contribution >= 0.6 is 0 Å². The molecule has 0 bridgehead atoms. The molecule has 2 heterocycles. The largest absolute Gasteiger partial charge is 0.457 e. The summed E-state index contributed by atoms with van der Waals surface area (Å²) in [6.45, 7) is 0. The second kappa shape index (κ2) is 5.46. The van der Waals surface area contributed by atoms with Crippen molar-refractivity contribution < 1.29 is 18.4 Å². The van der Waals surface area contributed by atoms with Gasteiger partial charge in [0.05, 0.1) is 6.26 Å². The number of oxazole rings is 1. The smallest absolute Gasteiger partial charge is 0.379 e. The van der Waals surface area contributed by atoms with Crippen LogP contribution in [0.2, 0.25) is 0 Å². The monoisotopic (exact) mass is 305 g/mol. The Labute approximate surface area is 131 Å². The molecule has 0 N–H and O–H groups in total. The van der Waals surface area contributed by atoms with Crippen LogP contribution in [0.25, 0.3) is 22.6 Å². The summed E-state index contributed by atoms with van der Waals surface area (Å²) in [7, 11) is 0. The van der Waals surface area contributed by atoms with Crippen molar-refractivity contribution in [3.63, 3.8) is 0 Å². The third-order valence-electron chi connectivity index (χ3n) is 3.31. The van der Waals surface area contributed by atoms with E-state index in [-0.39, 0.29) is 5.76 Å². The second-order valence-corrected chi connectivity index (χ2v) is 4.88. The van der Waals surface area contributed by atoms with Gasteiger partial charge in [-0.2, -0.15) is 0 Å².